The first kappa shape index (κ1) is 11.7. The van der Waals surface area contributed by atoms with Crippen molar-refractivity contribution in [3.63, 3.8) is 0 Å². The van der Waals surface area contributed by atoms with Crippen LogP contribution in [0.4, 0.5) is 4.39 Å². The number of nitrogens with zero attached hydrogens (tertiary/aromatic N) is 1. The van der Waals surface area contributed by atoms with Crippen molar-refractivity contribution < 1.29 is 4.39 Å². The highest BCUT2D eigenvalue weighted by Crippen LogP contribution is 2.32. The van der Waals surface area contributed by atoms with Crippen molar-refractivity contribution in [2.45, 2.75) is 6.42 Å². The highest BCUT2D eigenvalue weighted by Gasteiger charge is 2.09. The molecule has 0 radical (unpaired) electrons. The molecule has 1 aromatic heterocycles. The van der Waals surface area contributed by atoms with Gasteiger partial charge in [-0.25, -0.2) is 9.37 Å². The molecular formula is C11H10BrFN2S. The lowest BCUT2D eigenvalue weighted by Gasteiger charge is -1.95. The Morgan fingerprint density at radius 2 is 2.00 bits per heavy atom. The van der Waals surface area contributed by atoms with Crippen LogP contribution in [0.2, 0.25) is 0 Å². The fourth-order valence-corrected chi connectivity index (χ4v) is 2.93. The van der Waals surface area contributed by atoms with Gasteiger partial charge in [-0.1, -0.05) is 0 Å². The van der Waals surface area contributed by atoms with E-state index in [1.165, 1.54) is 12.1 Å². The van der Waals surface area contributed by atoms with E-state index in [2.05, 4.69) is 20.9 Å². The first-order valence-corrected chi connectivity index (χ1v) is 6.43. The van der Waals surface area contributed by atoms with Crippen LogP contribution in [0.1, 0.15) is 5.69 Å². The topological polar surface area (TPSA) is 38.9 Å². The van der Waals surface area contributed by atoms with Crippen LogP contribution in [-0.2, 0) is 6.42 Å². The molecule has 2 N–H and O–H groups in total. The zero-order chi connectivity index (χ0) is 11.5. The molecule has 0 amide bonds. The quantitative estimate of drug-likeness (QED) is 0.945. The number of halogens is 2. The van der Waals surface area contributed by atoms with Crippen LogP contribution in [0.15, 0.2) is 28.1 Å². The van der Waals surface area contributed by atoms with E-state index >= 15 is 0 Å². The van der Waals surface area contributed by atoms with E-state index < -0.39 is 0 Å². The van der Waals surface area contributed by atoms with Gasteiger partial charge in [0.1, 0.15) is 10.8 Å². The molecule has 0 saturated carbocycles. The maximum atomic E-state index is 12.8. The van der Waals surface area contributed by atoms with E-state index in [1.807, 2.05) is 0 Å². The van der Waals surface area contributed by atoms with E-state index in [-0.39, 0.29) is 5.82 Å². The highest BCUT2D eigenvalue weighted by atomic mass is 79.9. The summed E-state index contributed by atoms with van der Waals surface area (Å²) in [5.41, 5.74) is 7.38. The molecule has 0 bridgehead atoms. The van der Waals surface area contributed by atoms with Gasteiger partial charge < -0.3 is 5.73 Å². The monoisotopic (exact) mass is 300 g/mol. The minimum Gasteiger partial charge on any atom is -0.330 e. The highest BCUT2D eigenvalue weighted by molar-refractivity contribution is 9.11. The van der Waals surface area contributed by atoms with Gasteiger partial charge in [-0.2, -0.15) is 0 Å². The summed E-state index contributed by atoms with van der Waals surface area (Å²) in [6, 6.07) is 6.33. The molecule has 0 saturated heterocycles. The van der Waals surface area contributed by atoms with Gasteiger partial charge in [-0.3, -0.25) is 0 Å². The molecule has 0 spiro atoms. The molecule has 0 aliphatic heterocycles. The number of aromatic nitrogens is 1. The van der Waals surface area contributed by atoms with Gasteiger partial charge in [0.15, 0.2) is 0 Å². The maximum absolute atomic E-state index is 12.8. The van der Waals surface area contributed by atoms with Crippen molar-refractivity contribution in [1.82, 2.24) is 4.98 Å². The second-order valence-corrected chi connectivity index (χ2v) is 5.60. The average Bonchev–Trinajstić information content (AvgIpc) is 2.62. The second-order valence-electron chi connectivity index (χ2n) is 3.28. The zero-order valence-corrected chi connectivity index (χ0v) is 10.8. The van der Waals surface area contributed by atoms with Crippen molar-refractivity contribution in [3.8, 4) is 10.6 Å². The summed E-state index contributed by atoms with van der Waals surface area (Å²) in [6.45, 7) is 0.575. The summed E-state index contributed by atoms with van der Waals surface area (Å²) in [5.74, 6) is -0.235. The van der Waals surface area contributed by atoms with Crippen molar-refractivity contribution in [3.05, 3.63) is 39.6 Å². The van der Waals surface area contributed by atoms with Gasteiger partial charge in [0.25, 0.3) is 0 Å². The Labute approximate surface area is 105 Å². The Bertz CT molecular complexity index is 481. The summed E-state index contributed by atoms with van der Waals surface area (Å²) < 4.78 is 13.8. The van der Waals surface area contributed by atoms with E-state index in [0.717, 1.165) is 26.5 Å². The lowest BCUT2D eigenvalue weighted by molar-refractivity contribution is 0.628. The molecular weight excluding hydrogens is 291 g/mol. The first-order valence-electron chi connectivity index (χ1n) is 4.82. The van der Waals surface area contributed by atoms with E-state index in [4.69, 9.17) is 5.73 Å². The smallest absolute Gasteiger partial charge is 0.124 e. The van der Waals surface area contributed by atoms with Gasteiger partial charge in [0.2, 0.25) is 0 Å². The Kier molecular flexibility index (Phi) is 3.68. The average molecular weight is 301 g/mol. The molecule has 1 heterocycles. The molecule has 2 rings (SSSR count). The first-order chi connectivity index (χ1) is 7.70. The van der Waals surface area contributed by atoms with Crippen LogP contribution in [0, 0.1) is 5.82 Å². The number of hydrogen-bond acceptors (Lipinski definition) is 3. The van der Waals surface area contributed by atoms with E-state index in [9.17, 15) is 4.39 Å². The van der Waals surface area contributed by atoms with E-state index in [1.54, 1.807) is 23.5 Å². The molecule has 84 valence electrons. The minimum absolute atomic E-state index is 0.235. The van der Waals surface area contributed by atoms with Crippen LogP contribution in [0.3, 0.4) is 0 Å². The Balaban J connectivity index is 2.33. The Morgan fingerprint density at radius 3 is 2.62 bits per heavy atom. The molecule has 0 unspecified atom stereocenters. The minimum atomic E-state index is -0.235. The lowest BCUT2D eigenvalue weighted by atomic mass is 10.2. The third-order valence-electron chi connectivity index (χ3n) is 2.12. The second kappa shape index (κ2) is 5.03. The summed E-state index contributed by atoms with van der Waals surface area (Å²) >= 11 is 5.00. The Hall–Kier alpha value is -0.780. The number of benzene rings is 1. The Morgan fingerprint density at radius 1 is 1.31 bits per heavy atom. The predicted molar refractivity (Wildman–Crippen MR) is 68.0 cm³/mol. The summed E-state index contributed by atoms with van der Waals surface area (Å²) in [7, 11) is 0. The standard InChI is InChI=1S/C11H10BrFN2S/c12-10-9(5-6-14)15-11(16-10)7-1-3-8(13)4-2-7/h1-4H,5-6,14H2. The summed E-state index contributed by atoms with van der Waals surface area (Å²) in [5, 5.41) is 0.885. The van der Waals surface area contributed by atoms with Crippen LogP contribution in [0.5, 0.6) is 0 Å². The zero-order valence-electron chi connectivity index (χ0n) is 8.41. The van der Waals surface area contributed by atoms with Crippen molar-refractivity contribution >= 4 is 27.3 Å². The molecule has 1 aromatic carbocycles. The fraction of sp³-hybridized carbons (Fsp3) is 0.182. The van der Waals surface area contributed by atoms with Gasteiger partial charge in [0, 0.05) is 12.0 Å². The fourth-order valence-electron chi connectivity index (χ4n) is 1.34. The summed E-state index contributed by atoms with van der Waals surface area (Å²) in [6.07, 6.45) is 0.748. The molecule has 0 fully saturated rings. The largest absolute Gasteiger partial charge is 0.330 e. The molecule has 0 aliphatic rings. The summed E-state index contributed by atoms with van der Waals surface area (Å²) in [4.78, 5) is 4.47. The van der Waals surface area contributed by atoms with Crippen molar-refractivity contribution in [1.29, 1.82) is 0 Å². The third kappa shape index (κ3) is 2.48. The molecule has 2 aromatic rings. The number of rotatable bonds is 3. The number of nitrogens with two attached hydrogens (primary N) is 1. The van der Waals surface area contributed by atoms with Gasteiger partial charge in [0.05, 0.1) is 9.48 Å². The van der Waals surface area contributed by atoms with Crippen LogP contribution < -0.4 is 5.73 Å². The molecule has 0 aliphatic carbocycles. The third-order valence-corrected chi connectivity index (χ3v) is 4.00. The van der Waals surface area contributed by atoms with Crippen LogP contribution in [0.25, 0.3) is 10.6 Å². The van der Waals surface area contributed by atoms with E-state index in [0.29, 0.717) is 6.54 Å². The lowest BCUT2D eigenvalue weighted by Crippen LogP contribution is -2.03. The number of hydrogen-bond donors (Lipinski definition) is 1. The number of thiazole rings is 1. The molecule has 5 heteroatoms. The molecule has 0 atom stereocenters. The predicted octanol–water partition coefficient (Wildman–Crippen LogP) is 3.21. The molecule has 16 heavy (non-hydrogen) atoms. The van der Waals surface area contributed by atoms with Gasteiger partial charge in [-0.15, -0.1) is 11.3 Å². The van der Waals surface area contributed by atoms with Crippen LogP contribution >= 0.6 is 27.3 Å². The maximum Gasteiger partial charge on any atom is 0.124 e. The molecule has 2 nitrogen and oxygen atoms in total. The van der Waals surface area contributed by atoms with Gasteiger partial charge >= 0.3 is 0 Å². The van der Waals surface area contributed by atoms with Crippen molar-refractivity contribution in [2.24, 2.45) is 5.73 Å². The van der Waals surface area contributed by atoms with Crippen molar-refractivity contribution in [2.75, 3.05) is 6.54 Å². The SMILES string of the molecule is NCCc1nc(-c2ccc(F)cc2)sc1Br. The van der Waals surface area contributed by atoms with Crippen LogP contribution in [-0.4, -0.2) is 11.5 Å². The van der Waals surface area contributed by atoms with Gasteiger partial charge in [-0.05, 0) is 46.7 Å². The normalized spacial score (nSPS) is 10.7.